The molecule has 2 aliphatic rings. The minimum Gasteiger partial charge on any atom is -0.378 e. The Labute approximate surface area is 141 Å². The van der Waals surface area contributed by atoms with Gasteiger partial charge < -0.3 is 15.4 Å². The van der Waals surface area contributed by atoms with E-state index in [-0.39, 0.29) is 29.1 Å². The molecule has 8 heteroatoms. The van der Waals surface area contributed by atoms with Crippen LogP contribution in [0.5, 0.6) is 0 Å². The smallest absolute Gasteiger partial charge is 0.329 e. The van der Waals surface area contributed by atoms with Crippen LogP contribution < -0.4 is 10.6 Å². The van der Waals surface area contributed by atoms with Crippen LogP contribution in [-0.4, -0.2) is 40.7 Å². The fraction of sp³-hybridized carbons (Fsp3) is 0.750. The van der Waals surface area contributed by atoms with Crippen molar-refractivity contribution in [3.8, 4) is 0 Å². The second-order valence-corrected chi connectivity index (χ2v) is 6.80. The summed E-state index contributed by atoms with van der Waals surface area (Å²) in [6.07, 6.45) is 8.42. The standard InChI is InChI=1S/C16H25N5O3/c1-3-24-13-9-12(16(13)7-5-4-6-8-16)20(2)15-18-10-11(21(22)23)14(17)19-15/h10,12-13H,3-9H2,1-2H3,(H2,17,18,19). The third kappa shape index (κ3) is 2.68. The minimum atomic E-state index is -0.559. The van der Waals surface area contributed by atoms with E-state index in [0.717, 1.165) is 25.9 Å². The Morgan fingerprint density at radius 1 is 1.46 bits per heavy atom. The van der Waals surface area contributed by atoms with E-state index in [0.29, 0.717) is 5.95 Å². The summed E-state index contributed by atoms with van der Waals surface area (Å²) >= 11 is 0. The van der Waals surface area contributed by atoms with Gasteiger partial charge in [0.05, 0.1) is 11.0 Å². The summed E-state index contributed by atoms with van der Waals surface area (Å²) in [6.45, 7) is 2.76. The summed E-state index contributed by atoms with van der Waals surface area (Å²) in [4.78, 5) is 20.7. The van der Waals surface area contributed by atoms with Gasteiger partial charge in [-0.25, -0.2) is 4.98 Å². The molecule has 1 aromatic heterocycles. The van der Waals surface area contributed by atoms with Crippen LogP contribution >= 0.6 is 0 Å². The SMILES string of the molecule is CCOC1CC(N(C)c2ncc([N+](=O)[O-])c(N)n2)C12CCCCC2. The van der Waals surface area contributed by atoms with Crippen LogP contribution in [0.3, 0.4) is 0 Å². The van der Waals surface area contributed by atoms with Gasteiger partial charge in [0.1, 0.15) is 6.20 Å². The van der Waals surface area contributed by atoms with Gasteiger partial charge in [-0.15, -0.1) is 0 Å². The van der Waals surface area contributed by atoms with Gasteiger partial charge in [-0.1, -0.05) is 19.3 Å². The Bertz CT molecular complexity index is 618. The Morgan fingerprint density at radius 3 is 2.75 bits per heavy atom. The van der Waals surface area contributed by atoms with Gasteiger partial charge >= 0.3 is 5.69 Å². The third-order valence-corrected chi connectivity index (χ3v) is 5.66. The number of hydrogen-bond donors (Lipinski definition) is 1. The van der Waals surface area contributed by atoms with E-state index < -0.39 is 4.92 Å². The first kappa shape index (κ1) is 16.9. The van der Waals surface area contributed by atoms with Crippen molar-refractivity contribution < 1.29 is 9.66 Å². The maximum absolute atomic E-state index is 10.9. The number of nitrogen functional groups attached to an aromatic ring is 1. The minimum absolute atomic E-state index is 0.0878. The van der Waals surface area contributed by atoms with E-state index in [9.17, 15) is 10.1 Å². The number of aromatic nitrogens is 2. The topological polar surface area (TPSA) is 107 Å². The van der Waals surface area contributed by atoms with Crippen molar-refractivity contribution in [3.05, 3.63) is 16.3 Å². The van der Waals surface area contributed by atoms with Crippen LogP contribution in [0, 0.1) is 15.5 Å². The van der Waals surface area contributed by atoms with Crippen LogP contribution in [0.2, 0.25) is 0 Å². The van der Waals surface area contributed by atoms with Crippen molar-refractivity contribution in [3.63, 3.8) is 0 Å². The highest BCUT2D eigenvalue weighted by Gasteiger charge is 2.57. The molecule has 0 aliphatic heterocycles. The fourth-order valence-corrected chi connectivity index (χ4v) is 4.40. The molecule has 0 bridgehead atoms. The number of nitrogens with two attached hydrogens (primary N) is 1. The lowest BCUT2D eigenvalue weighted by atomic mass is 9.54. The lowest BCUT2D eigenvalue weighted by Crippen LogP contribution is -2.65. The molecular formula is C16H25N5O3. The highest BCUT2D eigenvalue weighted by Crippen LogP contribution is 2.55. The molecule has 3 rings (SSSR count). The van der Waals surface area contributed by atoms with E-state index in [1.807, 2.05) is 18.9 Å². The highest BCUT2D eigenvalue weighted by molar-refractivity contribution is 5.54. The zero-order valence-electron chi connectivity index (χ0n) is 14.3. The summed E-state index contributed by atoms with van der Waals surface area (Å²) in [7, 11) is 1.95. The van der Waals surface area contributed by atoms with E-state index >= 15 is 0 Å². The molecule has 1 spiro atoms. The molecule has 2 unspecified atom stereocenters. The molecule has 2 atom stereocenters. The quantitative estimate of drug-likeness (QED) is 0.650. The van der Waals surface area contributed by atoms with Gasteiger partial charge in [-0.05, 0) is 26.2 Å². The number of rotatable bonds is 5. The largest absolute Gasteiger partial charge is 0.378 e. The number of nitro groups is 1. The summed E-state index contributed by atoms with van der Waals surface area (Å²) in [6, 6.07) is 0.287. The van der Waals surface area contributed by atoms with Crippen molar-refractivity contribution >= 4 is 17.5 Å². The van der Waals surface area contributed by atoms with Gasteiger partial charge in [-0.3, -0.25) is 10.1 Å². The number of nitrogens with zero attached hydrogens (tertiary/aromatic N) is 4. The maximum atomic E-state index is 10.9. The Balaban J connectivity index is 1.82. The Hall–Kier alpha value is -1.96. The lowest BCUT2D eigenvalue weighted by molar-refractivity contribution is -0.384. The first-order chi connectivity index (χ1) is 11.5. The Kier molecular flexibility index (Phi) is 4.58. The third-order valence-electron chi connectivity index (χ3n) is 5.66. The van der Waals surface area contributed by atoms with Crippen molar-refractivity contribution in [2.45, 2.75) is 57.6 Å². The molecule has 2 fully saturated rings. The number of anilines is 2. The van der Waals surface area contributed by atoms with Gasteiger partial charge in [0.2, 0.25) is 11.8 Å². The van der Waals surface area contributed by atoms with Gasteiger partial charge in [0, 0.05) is 25.1 Å². The first-order valence-corrected chi connectivity index (χ1v) is 8.61. The zero-order valence-corrected chi connectivity index (χ0v) is 14.3. The molecule has 0 aromatic carbocycles. The normalized spacial score (nSPS) is 25.2. The predicted octanol–water partition coefficient (Wildman–Crippen LogP) is 2.53. The molecule has 1 heterocycles. The van der Waals surface area contributed by atoms with E-state index in [2.05, 4.69) is 9.97 Å². The van der Waals surface area contributed by atoms with E-state index in [1.54, 1.807) is 0 Å². The lowest BCUT2D eigenvalue weighted by Gasteiger charge is -2.60. The molecular weight excluding hydrogens is 310 g/mol. The first-order valence-electron chi connectivity index (χ1n) is 8.61. The summed E-state index contributed by atoms with van der Waals surface area (Å²) in [5.41, 5.74) is 5.61. The van der Waals surface area contributed by atoms with Crippen molar-refractivity contribution in [1.29, 1.82) is 0 Å². The van der Waals surface area contributed by atoms with Crippen molar-refractivity contribution in [1.82, 2.24) is 9.97 Å². The van der Waals surface area contributed by atoms with Crippen LogP contribution in [0.25, 0.3) is 0 Å². The fourth-order valence-electron chi connectivity index (χ4n) is 4.40. The molecule has 1 aromatic rings. The molecule has 0 saturated heterocycles. The van der Waals surface area contributed by atoms with Crippen LogP contribution in [0.15, 0.2) is 6.20 Å². The number of ether oxygens (including phenoxy) is 1. The van der Waals surface area contributed by atoms with Crippen LogP contribution in [0.1, 0.15) is 45.4 Å². The molecule has 24 heavy (non-hydrogen) atoms. The molecule has 2 N–H and O–H groups in total. The molecule has 0 amide bonds. The second-order valence-electron chi connectivity index (χ2n) is 6.80. The average Bonchev–Trinajstić information content (AvgIpc) is 2.58. The summed E-state index contributed by atoms with van der Waals surface area (Å²) in [5, 5.41) is 10.9. The van der Waals surface area contributed by atoms with E-state index in [4.69, 9.17) is 10.5 Å². The predicted molar refractivity (Wildman–Crippen MR) is 90.8 cm³/mol. The van der Waals surface area contributed by atoms with Crippen LogP contribution in [0.4, 0.5) is 17.5 Å². The second kappa shape index (κ2) is 6.51. The van der Waals surface area contributed by atoms with Gasteiger partial charge in [0.15, 0.2) is 0 Å². The number of hydrogen-bond acceptors (Lipinski definition) is 7. The molecule has 2 saturated carbocycles. The molecule has 0 radical (unpaired) electrons. The highest BCUT2D eigenvalue weighted by atomic mass is 16.6. The summed E-state index contributed by atoms with van der Waals surface area (Å²) < 4.78 is 5.98. The van der Waals surface area contributed by atoms with Crippen molar-refractivity contribution in [2.75, 3.05) is 24.3 Å². The monoisotopic (exact) mass is 335 g/mol. The molecule has 8 nitrogen and oxygen atoms in total. The van der Waals surface area contributed by atoms with E-state index in [1.165, 1.54) is 25.5 Å². The Morgan fingerprint density at radius 2 is 2.17 bits per heavy atom. The zero-order chi connectivity index (χ0) is 17.3. The maximum Gasteiger partial charge on any atom is 0.329 e. The summed E-state index contributed by atoms with van der Waals surface area (Å²) in [5.74, 6) is 0.359. The average molecular weight is 335 g/mol. The van der Waals surface area contributed by atoms with Gasteiger partial charge in [0.25, 0.3) is 0 Å². The molecule has 132 valence electrons. The van der Waals surface area contributed by atoms with Gasteiger partial charge in [-0.2, -0.15) is 4.98 Å². The molecule has 2 aliphatic carbocycles. The van der Waals surface area contributed by atoms with Crippen molar-refractivity contribution in [2.24, 2.45) is 5.41 Å². The van der Waals surface area contributed by atoms with Crippen LogP contribution in [-0.2, 0) is 4.74 Å².